The molecule has 0 fully saturated rings. The van der Waals surface area contributed by atoms with Gasteiger partial charge in [-0.25, -0.2) is 0 Å². The minimum Gasteiger partial charge on any atom is -1.00 e. The summed E-state index contributed by atoms with van der Waals surface area (Å²) in [7, 11) is 0. The van der Waals surface area contributed by atoms with Crippen LogP contribution in [0.5, 0.6) is 5.75 Å². The molecule has 0 aliphatic heterocycles. The number of nitrogens with one attached hydrogen (secondary N) is 1. The summed E-state index contributed by atoms with van der Waals surface area (Å²) < 4.78 is 5.86. The van der Waals surface area contributed by atoms with Gasteiger partial charge in [-0.05, 0) is 35.4 Å². The Bertz CT molecular complexity index is 720. The zero-order chi connectivity index (χ0) is 15.7. The van der Waals surface area contributed by atoms with Gasteiger partial charge in [-0.15, -0.1) is 0 Å². The second-order valence-electron chi connectivity index (χ2n) is 5.35. The molecule has 0 saturated carbocycles. The normalized spacial score (nSPS) is 10.0. The molecule has 0 atom stereocenters. The first-order chi connectivity index (χ1) is 11.4. The van der Waals surface area contributed by atoms with Crippen LogP contribution in [0.4, 0.5) is 0 Å². The molecule has 0 bridgehead atoms. The maximum Gasteiger partial charge on any atom is 0.120 e. The Kier molecular flexibility index (Phi) is 7.27. The minimum atomic E-state index is 0. The van der Waals surface area contributed by atoms with Gasteiger partial charge in [0.2, 0.25) is 0 Å². The highest BCUT2D eigenvalue weighted by Crippen LogP contribution is 2.15. The average molecular weight is 340 g/mol. The van der Waals surface area contributed by atoms with Gasteiger partial charge in [0.15, 0.2) is 0 Å². The molecular weight excluding hydrogens is 320 g/mol. The minimum absolute atomic E-state index is 0. The fourth-order valence-corrected chi connectivity index (χ4v) is 2.32. The van der Waals surface area contributed by atoms with Gasteiger partial charge in [-0.1, -0.05) is 48.5 Å². The van der Waals surface area contributed by atoms with E-state index in [9.17, 15) is 0 Å². The number of benzene rings is 2. The zero-order valence-electron chi connectivity index (χ0n) is 13.4. The summed E-state index contributed by atoms with van der Waals surface area (Å²) in [6.07, 6.45) is 1.81. The third kappa shape index (κ3) is 5.69. The van der Waals surface area contributed by atoms with Gasteiger partial charge < -0.3 is 22.5 Å². The maximum absolute atomic E-state index is 5.86. The van der Waals surface area contributed by atoms with Crippen LogP contribution in [0.15, 0.2) is 79.0 Å². The smallest absolute Gasteiger partial charge is 0.120 e. The Hall–Kier alpha value is -2.36. The van der Waals surface area contributed by atoms with Crippen LogP contribution >= 0.6 is 0 Å². The molecule has 1 heterocycles. The van der Waals surface area contributed by atoms with Gasteiger partial charge in [-0.3, -0.25) is 4.98 Å². The van der Waals surface area contributed by atoms with Gasteiger partial charge in [0.05, 0.1) is 5.69 Å². The lowest BCUT2D eigenvalue weighted by atomic mass is 10.2. The molecule has 3 rings (SSSR count). The van der Waals surface area contributed by atoms with E-state index in [2.05, 4.69) is 34.6 Å². The molecule has 0 unspecified atom stereocenters. The van der Waals surface area contributed by atoms with Crippen molar-refractivity contribution in [1.29, 1.82) is 0 Å². The van der Waals surface area contributed by atoms with E-state index in [0.717, 1.165) is 24.5 Å². The van der Waals surface area contributed by atoms with Crippen molar-refractivity contribution >= 4 is 0 Å². The number of nitrogens with zero attached hydrogens (tertiary/aromatic N) is 1. The quantitative estimate of drug-likeness (QED) is 0.696. The van der Waals surface area contributed by atoms with E-state index in [4.69, 9.17) is 4.74 Å². The van der Waals surface area contributed by atoms with Crippen molar-refractivity contribution in [3.63, 3.8) is 0 Å². The van der Waals surface area contributed by atoms with Crippen molar-refractivity contribution in [2.45, 2.75) is 19.7 Å². The lowest BCUT2D eigenvalue weighted by Gasteiger charge is -2.09. The molecule has 1 N–H and O–H groups in total. The lowest BCUT2D eigenvalue weighted by molar-refractivity contribution is -0.00000511. The van der Waals surface area contributed by atoms with Crippen LogP contribution in [0.1, 0.15) is 16.8 Å². The van der Waals surface area contributed by atoms with Crippen LogP contribution in [0, 0.1) is 0 Å². The van der Waals surface area contributed by atoms with Crippen LogP contribution in [0.3, 0.4) is 0 Å². The number of hydrogen-bond donors (Lipinski definition) is 1. The predicted molar refractivity (Wildman–Crippen MR) is 92.0 cm³/mol. The van der Waals surface area contributed by atoms with Gasteiger partial charge in [0.25, 0.3) is 0 Å². The number of halogens is 1. The van der Waals surface area contributed by atoms with E-state index in [-0.39, 0.29) is 12.4 Å². The molecular formula is C20H20ClN2O-. The summed E-state index contributed by atoms with van der Waals surface area (Å²) in [6.45, 7) is 2.14. The SMILES string of the molecule is [Cl-].c1ccc(COc2cccc(CNCc3ccccn3)c2)cc1. The monoisotopic (exact) mass is 339 g/mol. The lowest BCUT2D eigenvalue weighted by Crippen LogP contribution is -3.00. The van der Waals surface area contributed by atoms with E-state index in [0.29, 0.717) is 6.61 Å². The van der Waals surface area contributed by atoms with E-state index in [1.165, 1.54) is 11.1 Å². The van der Waals surface area contributed by atoms with Gasteiger partial charge >= 0.3 is 0 Å². The molecule has 124 valence electrons. The van der Waals surface area contributed by atoms with Crippen molar-refractivity contribution in [1.82, 2.24) is 10.3 Å². The average Bonchev–Trinajstić information content (AvgIpc) is 2.62. The first-order valence-electron chi connectivity index (χ1n) is 7.76. The number of rotatable bonds is 7. The molecule has 1 aromatic heterocycles. The highest BCUT2D eigenvalue weighted by atomic mass is 35.5. The van der Waals surface area contributed by atoms with Gasteiger partial charge in [-0.2, -0.15) is 0 Å². The van der Waals surface area contributed by atoms with Crippen molar-refractivity contribution in [2.24, 2.45) is 0 Å². The Morgan fingerprint density at radius 3 is 2.38 bits per heavy atom. The first kappa shape index (κ1) is 18.0. The standard InChI is InChI=1S/C20H20N2O.ClH/c1-2-7-17(8-3-1)16-23-20-11-6-9-18(13-20)14-21-15-19-10-4-5-12-22-19;/h1-13,21H,14-16H2;1H/p-1. The third-order valence-electron chi connectivity index (χ3n) is 3.51. The van der Waals surface area contributed by atoms with Crippen LogP contribution in [-0.2, 0) is 19.7 Å². The summed E-state index contributed by atoms with van der Waals surface area (Å²) in [5, 5.41) is 3.40. The molecule has 3 aromatic rings. The second kappa shape index (κ2) is 9.71. The number of pyridine rings is 1. The molecule has 0 amide bonds. The molecule has 0 aliphatic carbocycles. The van der Waals surface area contributed by atoms with E-state index in [1.54, 1.807) is 0 Å². The van der Waals surface area contributed by atoms with Crippen molar-refractivity contribution in [2.75, 3.05) is 0 Å². The van der Waals surface area contributed by atoms with Crippen molar-refractivity contribution in [3.05, 3.63) is 95.8 Å². The summed E-state index contributed by atoms with van der Waals surface area (Å²) in [4.78, 5) is 4.30. The first-order valence-corrected chi connectivity index (χ1v) is 7.76. The summed E-state index contributed by atoms with van der Waals surface area (Å²) in [5.41, 5.74) is 3.42. The zero-order valence-corrected chi connectivity index (χ0v) is 14.1. The van der Waals surface area contributed by atoms with Crippen LogP contribution in [-0.4, -0.2) is 4.98 Å². The Balaban J connectivity index is 0.00000208. The molecule has 3 nitrogen and oxygen atoms in total. The molecule has 0 radical (unpaired) electrons. The Morgan fingerprint density at radius 2 is 1.58 bits per heavy atom. The van der Waals surface area contributed by atoms with Gasteiger partial charge in [0, 0.05) is 19.3 Å². The predicted octanol–water partition coefficient (Wildman–Crippen LogP) is 0.954. The number of aromatic nitrogens is 1. The van der Waals surface area contributed by atoms with Crippen molar-refractivity contribution in [3.8, 4) is 5.75 Å². The van der Waals surface area contributed by atoms with Crippen LogP contribution < -0.4 is 22.5 Å². The van der Waals surface area contributed by atoms with Crippen molar-refractivity contribution < 1.29 is 17.1 Å². The molecule has 2 aromatic carbocycles. The van der Waals surface area contributed by atoms with Crippen LogP contribution in [0.2, 0.25) is 0 Å². The fraction of sp³-hybridized carbons (Fsp3) is 0.150. The molecule has 0 spiro atoms. The summed E-state index contributed by atoms with van der Waals surface area (Å²) in [5.74, 6) is 0.894. The van der Waals surface area contributed by atoms with Gasteiger partial charge in [0.1, 0.15) is 12.4 Å². The maximum atomic E-state index is 5.86. The molecule has 4 heteroatoms. The van der Waals surface area contributed by atoms with E-state index in [1.807, 2.05) is 54.7 Å². The molecule has 24 heavy (non-hydrogen) atoms. The largest absolute Gasteiger partial charge is 1.00 e. The highest BCUT2D eigenvalue weighted by Gasteiger charge is 1.99. The summed E-state index contributed by atoms with van der Waals surface area (Å²) >= 11 is 0. The number of hydrogen-bond acceptors (Lipinski definition) is 3. The van der Waals surface area contributed by atoms with E-state index < -0.39 is 0 Å². The molecule has 0 saturated heterocycles. The molecule has 0 aliphatic rings. The fourth-order valence-electron chi connectivity index (χ4n) is 2.32. The van der Waals surface area contributed by atoms with E-state index >= 15 is 0 Å². The van der Waals surface area contributed by atoms with Crippen LogP contribution in [0.25, 0.3) is 0 Å². The Morgan fingerprint density at radius 1 is 0.792 bits per heavy atom. The number of ether oxygens (including phenoxy) is 1. The third-order valence-corrected chi connectivity index (χ3v) is 3.51. The summed E-state index contributed by atoms with van der Waals surface area (Å²) in [6, 6.07) is 24.3. The second-order valence-corrected chi connectivity index (χ2v) is 5.35. The Labute approximate surface area is 149 Å². The topological polar surface area (TPSA) is 34.1 Å². The highest BCUT2D eigenvalue weighted by molar-refractivity contribution is 5.29.